The topological polar surface area (TPSA) is 32.3 Å². The van der Waals surface area contributed by atoms with E-state index in [0.29, 0.717) is 11.9 Å². The molecule has 0 aliphatic carbocycles. The fourth-order valence-electron chi connectivity index (χ4n) is 2.61. The van der Waals surface area contributed by atoms with Crippen molar-refractivity contribution >= 4 is 5.91 Å². The zero-order valence-electron chi connectivity index (χ0n) is 11.7. The van der Waals surface area contributed by atoms with E-state index in [9.17, 15) is 4.79 Å². The first-order valence-electron chi connectivity index (χ1n) is 7.21. The molecular weight excluding hydrogens is 212 g/mol. The number of hydrogen-bond acceptors (Lipinski definition) is 2. The molecule has 0 radical (unpaired) electrons. The van der Waals surface area contributed by atoms with Crippen LogP contribution in [0.5, 0.6) is 0 Å². The molecule has 1 rings (SSSR count). The highest BCUT2D eigenvalue weighted by Gasteiger charge is 2.26. The van der Waals surface area contributed by atoms with Crippen molar-refractivity contribution in [1.82, 2.24) is 10.2 Å². The lowest BCUT2D eigenvalue weighted by molar-refractivity contribution is -0.137. The Morgan fingerprint density at radius 2 is 2.24 bits per heavy atom. The van der Waals surface area contributed by atoms with Gasteiger partial charge in [-0.05, 0) is 32.7 Å². The molecule has 1 saturated heterocycles. The van der Waals surface area contributed by atoms with Crippen LogP contribution in [0.1, 0.15) is 52.9 Å². The molecule has 1 fully saturated rings. The highest BCUT2D eigenvalue weighted by molar-refractivity contribution is 5.78. The number of likely N-dealkylation sites (N-methyl/N-ethyl adjacent to an activating group) is 1. The van der Waals surface area contributed by atoms with E-state index in [1.807, 2.05) is 0 Å². The number of rotatable bonds is 6. The summed E-state index contributed by atoms with van der Waals surface area (Å²) in [5, 5.41) is 3.39. The van der Waals surface area contributed by atoms with Crippen molar-refractivity contribution in [3.8, 4) is 0 Å². The SMILES string of the molecule is CCCCC(C)C(=O)N(CC)C1CCCNC1. The van der Waals surface area contributed by atoms with Crippen LogP contribution in [0.3, 0.4) is 0 Å². The van der Waals surface area contributed by atoms with Gasteiger partial charge in [-0.3, -0.25) is 4.79 Å². The summed E-state index contributed by atoms with van der Waals surface area (Å²) < 4.78 is 0. The zero-order chi connectivity index (χ0) is 12.7. The second-order valence-corrected chi connectivity index (χ2v) is 5.17. The fourth-order valence-corrected chi connectivity index (χ4v) is 2.61. The summed E-state index contributed by atoms with van der Waals surface area (Å²) in [6, 6.07) is 0.422. The Bertz CT molecular complexity index is 224. The molecular formula is C14H28N2O. The average molecular weight is 240 g/mol. The van der Waals surface area contributed by atoms with Gasteiger partial charge < -0.3 is 10.2 Å². The molecule has 0 aromatic heterocycles. The minimum atomic E-state index is 0.192. The van der Waals surface area contributed by atoms with Crippen molar-refractivity contribution in [2.75, 3.05) is 19.6 Å². The van der Waals surface area contributed by atoms with E-state index in [0.717, 1.165) is 38.9 Å². The van der Waals surface area contributed by atoms with Crippen LogP contribution >= 0.6 is 0 Å². The Kier molecular flexibility index (Phi) is 6.56. The minimum absolute atomic E-state index is 0.192. The summed E-state index contributed by atoms with van der Waals surface area (Å²) in [5.74, 6) is 0.548. The molecule has 0 aromatic carbocycles. The van der Waals surface area contributed by atoms with Gasteiger partial charge in [0.05, 0.1) is 0 Å². The van der Waals surface area contributed by atoms with E-state index in [-0.39, 0.29) is 5.92 Å². The van der Waals surface area contributed by atoms with Gasteiger partial charge in [0, 0.05) is 25.0 Å². The van der Waals surface area contributed by atoms with E-state index in [2.05, 4.69) is 31.0 Å². The minimum Gasteiger partial charge on any atom is -0.338 e. The Hall–Kier alpha value is -0.570. The van der Waals surface area contributed by atoms with Crippen molar-refractivity contribution in [2.45, 2.75) is 58.9 Å². The van der Waals surface area contributed by atoms with Gasteiger partial charge >= 0.3 is 0 Å². The van der Waals surface area contributed by atoms with Gasteiger partial charge in [-0.2, -0.15) is 0 Å². The normalized spacial score (nSPS) is 22.2. The van der Waals surface area contributed by atoms with Gasteiger partial charge in [-0.25, -0.2) is 0 Å². The Labute approximate surface area is 106 Å². The van der Waals surface area contributed by atoms with Gasteiger partial charge in [-0.15, -0.1) is 0 Å². The van der Waals surface area contributed by atoms with Crippen molar-refractivity contribution in [3.63, 3.8) is 0 Å². The fraction of sp³-hybridized carbons (Fsp3) is 0.929. The van der Waals surface area contributed by atoms with Crippen LogP contribution in [0.25, 0.3) is 0 Å². The Balaban J connectivity index is 2.49. The van der Waals surface area contributed by atoms with E-state index < -0.39 is 0 Å². The second-order valence-electron chi connectivity index (χ2n) is 5.17. The average Bonchev–Trinajstić information content (AvgIpc) is 2.38. The number of amides is 1. The van der Waals surface area contributed by atoms with Crippen molar-refractivity contribution in [2.24, 2.45) is 5.92 Å². The molecule has 0 bridgehead atoms. The van der Waals surface area contributed by atoms with Crippen molar-refractivity contribution in [1.29, 1.82) is 0 Å². The molecule has 1 heterocycles. The van der Waals surface area contributed by atoms with Crippen LogP contribution in [0.15, 0.2) is 0 Å². The second kappa shape index (κ2) is 7.70. The summed E-state index contributed by atoms with van der Waals surface area (Å²) in [5.41, 5.74) is 0. The first kappa shape index (κ1) is 14.5. The van der Waals surface area contributed by atoms with Gasteiger partial charge in [0.2, 0.25) is 5.91 Å². The lowest BCUT2D eigenvalue weighted by Gasteiger charge is -2.35. The van der Waals surface area contributed by atoms with Crippen LogP contribution in [0.2, 0.25) is 0 Å². The number of carbonyl (C=O) groups is 1. The monoisotopic (exact) mass is 240 g/mol. The van der Waals surface area contributed by atoms with Crippen LogP contribution in [0, 0.1) is 5.92 Å². The molecule has 2 unspecified atom stereocenters. The van der Waals surface area contributed by atoms with Gasteiger partial charge in [-0.1, -0.05) is 26.7 Å². The number of unbranched alkanes of at least 4 members (excludes halogenated alkanes) is 1. The van der Waals surface area contributed by atoms with E-state index in [1.54, 1.807) is 0 Å². The van der Waals surface area contributed by atoms with Crippen LogP contribution in [0.4, 0.5) is 0 Å². The van der Waals surface area contributed by atoms with Crippen LogP contribution in [-0.4, -0.2) is 36.5 Å². The number of nitrogens with zero attached hydrogens (tertiary/aromatic N) is 1. The number of piperidine rings is 1. The molecule has 0 aromatic rings. The maximum Gasteiger partial charge on any atom is 0.225 e. The molecule has 17 heavy (non-hydrogen) atoms. The van der Waals surface area contributed by atoms with E-state index in [1.165, 1.54) is 12.8 Å². The maximum atomic E-state index is 12.4. The molecule has 0 spiro atoms. The Morgan fingerprint density at radius 3 is 2.76 bits per heavy atom. The largest absolute Gasteiger partial charge is 0.338 e. The molecule has 3 nitrogen and oxygen atoms in total. The molecule has 100 valence electrons. The first-order chi connectivity index (χ1) is 8.20. The number of hydrogen-bond donors (Lipinski definition) is 1. The molecule has 0 saturated carbocycles. The molecule has 1 aliphatic rings. The molecule has 3 heteroatoms. The van der Waals surface area contributed by atoms with Crippen LogP contribution in [-0.2, 0) is 4.79 Å². The van der Waals surface area contributed by atoms with E-state index >= 15 is 0 Å². The summed E-state index contributed by atoms with van der Waals surface area (Å²) in [6.07, 6.45) is 5.72. The summed E-state index contributed by atoms with van der Waals surface area (Å²) >= 11 is 0. The van der Waals surface area contributed by atoms with Crippen molar-refractivity contribution in [3.05, 3.63) is 0 Å². The molecule has 2 atom stereocenters. The third kappa shape index (κ3) is 4.30. The number of nitrogens with one attached hydrogen (secondary N) is 1. The third-order valence-corrected chi connectivity index (χ3v) is 3.75. The Morgan fingerprint density at radius 1 is 1.47 bits per heavy atom. The van der Waals surface area contributed by atoms with Gasteiger partial charge in [0.15, 0.2) is 0 Å². The summed E-state index contributed by atoms with van der Waals surface area (Å²) in [7, 11) is 0. The van der Waals surface area contributed by atoms with E-state index in [4.69, 9.17) is 0 Å². The molecule has 1 amide bonds. The maximum absolute atomic E-state index is 12.4. The smallest absolute Gasteiger partial charge is 0.225 e. The highest BCUT2D eigenvalue weighted by atomic mass is 16.2. The molecule has 1 aliphatic heterocycles. The lowest BCUT2D eigenvalue weighted by Crippen LogP contribution is -2.50. The molecule has 1 N–H and O–H groups in total. The van der Waals surface area contributed by atoms with Gasteiger partial charge in [0.25, 0.3) is 0 Å². The van der Waals surface area contributed by atoms with Crippen LogP contribution < -0.4 is 5.32 Å². The quantitative estimate of drug-likeness (QED) is 0.773. The van der Waals surface area contributed by atoms with Crippen molar-refractivity contribution < 1.29 is 4.79 Å². The summed E-state index contributed by atoms with van der Waals surface area (Å²) in [6.45, 7) is 9.28. The standard InChI is InChI=1S/C14H28N2O/c1-4-6-8-12(3)14(17)16(5-2)13-9-7-10-15-11-13/h12-13,15H,4-11H2,1-3H3. The first-order valence-corrected chi connectivity index (χ1v) is 7.21. The van der Waals surface area contributed by atoms with Gasteiger partial charge in [0.1, 0.15) is 0 Å². The predicted molar refractivity (Wildman–Crippen MR) is 72.0 cm³/mol. The zero-order valence-corrected chi connectivity index (χ0v) is 11.7. The summed E-state index contributed by atoms with van der Waals surface area (Å²) in [4.78, 5) is 14.5. The number of carbonyl (C=O) groups excluding carboxylic acids is 1. The highest BCUT2D eigenvalue weighted by Crippen LogP contribution is 2.17. The third-order valence-electron chi connectivity index (χ3n) is 3.75. The predicted octanol–water partition coefficient (Wildman–Crippen LogP) is 2.41. The lowest BCUT2D eigenvalue weighted by atomic mass is 9.99.